The van der Waals surface area contributed by atoms with Gasteiger partial charge in [0.15, 0.2) is 0 Å². The minimum atomic E-state index is 0. The molecule has 23 heavy (non-hydrogen) atoms. The number of nitrogens with one attached hydrogen (secondary N) is 1. The summed E-state index contributed by atoms with van der Waals surface area (Å²) in [5, 5.41) is 1.05. The zero-order chi connectivity index (χ0) is 15.3. The predicted octanol–water partition coefficient (Wildman–Crippen LogP) is -0.475. The maximum atomic E-state index is 13.0. The lowest BCUT2D eigenvalue weighted by Crippen LogP contribution is -3.00. The molecule has 5 nitrogen and oxygen atoms in total. The third-order valence-electron chi connectivity index (χ3n) is 4.62. The van der Waals surface area contributed by atoms with Gasteiger partial charge in [-0.25, -0.2) is 4.98 Å². The van der Waals surface area contributed by atoms with Crippen molar-refractivity contribution in [2.45, 2.75) is 19.9 Å². The number of imidazole rings is 1. The molecule has 0 saturated heterocycles. The van der Waals surface area contributed by atoms with Crippen molar-refractivity contribution in [3.63, 3.8) is 0 Å². The Balaban J connectivity index is 0.00000104. The van der Waals surface area contributed by atoms with Gasteiger partial charge in [-0.05, 0) is 13.0 Å². The first-order valence-electron chi connectivity index (χ1n) is 7.51. The summed E-state index contributed by atoms with van der Waals surface area (Å²) in [6.07, 6.45) is 2.57. The van der Waals surface area contributed by atoms with Gasteiger partial charge in [0.05, 0.1) is 24.1 Å². The van der Waals surface area contributed by atoms with Gasteiger partial charge in [0.2, 0.25) is 0 Å². The van der Waals surface area contributed by atoms with E-state index in [4.69, 9.17) is 0 Å². The zero-order valence-electron chi connectivity index (χ0n) is 14.1. The maximum Gasteiger partial charge on any atom is 1.00 e. The predicted molar refractivity (Wildman–Crippen MR) is 85.8 cm³/mol. The topological polar surface area (TPSA) is 53.9 Å². The van der Waals surface area contributed by atoms with E-state index in [1.165, 1.54) is 0 Å². The van der Waals surface area contributed by atoms with Crippen molar-refractivity contribution in [3.05, 3.63) is 53.2 Å². The number of carbonyl (C=O) groups excluding carboxylic acids is 1. The fourth-order valence-electron chi connectivity index (χ4n) is 3.36. The molecule has 3 aromatic rings. The smallest absolute Gasteiger partial charge is 1.00 e. The number of carbonyl (C=O) groups is 1. The van der Waals surface area contributed by atoms with Crippen LogP contribution in [0, 0.1) is 6.92 Å². The number of amides is 1. The van der Waals surface area contributed by atoms with Gasteiger partial charge in [-0.3, -0.25) is 4.79 Å². The van der Waals surface area contributed by atoms with Gasteiger partial charge in [-0.1, -0.05) is 18.2 Å². The first kappa shape index (κ1) is 15.6. The molecule has 0 fully saturated rings. The Bertz CT molecular complexity index is 886. The molecule has 120 valence electrons. The molecular weight excluding hydrogens is 312 g/mol. The van der Waals surface area contributed by atoms with Crippen LogP contribution in [-0.4, -0.2) is 31.9 Å². The highest BCUT2D eigenvalue weighted by atomic mass is 35.5. The van der Waals surface area contributed by atoms with Crippen LogP contribution in [0.15, 0.2) is 30.6 Å². The summed E-state index contributed by atoms with van der Waals surface area (Å²) < 4.78 is 2.15. The molecule has 1 aliphatic heterocycles. The van der Waals surface area contributed by atoms with Crippen molar-refractivity contribution < 1.29 is 18.6 Å². The summed E-state index contributed by atoms with van der Waals surface area (Å²) in [5.74, 6) is 0.112. The van der Waals surface area contributed by atoms with E-state index >= 15 is 0 Å². The molecule has 3 heterocycles. The zero-order valence-corrected chi connectivity index (χ0v) is 13.9. The van der Waals surface area contributed by atoms with Gasteiger partial charge < -0.3 is 26.9 Å². The third kappa shape index (κ3) is 2.32. The van der Waals surface area contributed by atoms with Crippen molar-refractivity contribution in [2.24, 2.45) is 7.05 Å². The minimum Gasteiger partial charge on any atom is -1.00 e. The highest BCUT2D eigenvalue weighted by Gasteiger charge is 2.30. The fourth-order valence-corrected chi connectivity index (χ4v) is 3.36. The number of nitrogens with zero attached hydrogens (tertiary/aromatic N) is 3. The van der Waals surface area contributed by atoms with Crippen LogP contribution in [0.3, 0.4) is 0 Å². The second-order valence-corrected chi connectivity index (χ2v) is 5.85. The average molecular weight is 331 g/mol. The highest BCUT2D eigenvalue weighted by Crippen LogP contribution is 2.30. The molecule has 0 spiro atoms. The fraction of sp³-hybridized carbons (Fsp3) is 0.294. The van der Waals surface area contributed by atoms with Gasteiger partial charge in [0.25, 0.3) is 5.91 Å². The lowest BCUT2D eigenvalue weighted by molar-refractivity contribution is -0.0000147. The second kappa shape index (κ2) is 5.74. The van der Waals surface area contributed by atoms with Gasteiger partial charge in [0.1, 0.15) is 0 Å². The number of para-hydroxylation sites is 1. The van der Waals surface area contributed by atoms with Crippen LogP contribution < -0.4 is 12.4 Å². The van der Waals surface area contributed by atoms with Crippen molar-refractivity contribution in [1.29, 1.82) is 0 Å². The van der Waals surface area contributed by atoms with E-state index in [-0.39, 0.29) is 19.7 Å². The van der Waals surface area contributed by atoms with Gasteiger partial charge in [-0.15, -0.1) is 0 Å². The summed E-state index contributed by atoms with van der Waals surface area (Å²) in [7, 11) is 2.04. The molecule has 0 saturated carbocycles. The lowest BCUT2D eigenvalue weighted by atomic mass is 10.0. The van der Waals surface area contributed by atoms with Crippen molar-refractivity contribution in [3.8, 4) is 0 Å². The first-order valence-corrected chi connectivity index (χ1v) is 7.51. The lowest BCUT2D eigenvalue weighted by Gasteiger charge is -2.27. The molecule has 0 unspecified atom stereocenters. The molecular formula is C17H19ClN4O. The standard InChI is InChI=1S/C17H18N4O.ClH/c1-11-13(19-10-18-11)9-21-8-7-15-16(17(21)22)12-5-3-4-6-14(12)20(15)2;/h3-6,10H,7-9H2,1-2H3,(H,18,19);1H. The van der Waals surface area contributed by atoms with Crippen molar-refractivity contribution >= 4 is 16.8 Å². The van der Waals surface area contributed by atoms with Crippen molar-refractivity contribution in [2.75, 3.05) is 6.54 Å². The number of fused-ring (bicyclic) bond motifs is 3. The number of rotatable bonds is 2. The molecule has 0 aliphatic carbocycles. The summed E-state index contributed by atoms with van der Waals surface area (Å²) in [6, 6.07) is 8.12. The molecule has 4 rings (SSSR count). The number of H-pyrrole nitrogens is 1. The molecule has 1 aliphatic rings. The molecule has 2 aromatic heterocycles. The Kier molecular flexibility index (Phi) is 3.90. The van der Waals surface area contributed by atoms with Crippen molar-refractivity contribution in [1.82, 2.24) is 19.4 Å². The molecule has 0 radical (unpaired) electrons. The number of hydrogen-bond acceptors (Lipinski definition) is 2. The van der Waals surface area contributed by atoms with Crippen LogP contribution in [0.25, 0.3) is 10.9 Å². The molecule has 0 atom stereocenters. The van der Waals surface area contributed by atoms with E-state index in [1.807, 2.05) is 37.1 Å². The van der Waals surface area contributed by atoms with Crippen LogP contribution >= 0.6 is 0 Å². The van der Waals surface area contributed by atoms with Gasteiger partial charge >= 0.3 is 1.43 Å². The highest BCUT2D eigenvalue weighted by molar-refractivity contribution is 6.09. The number of aromatic amines is 1. The SMILES string of the molecule is Cc1[nH]cnc1CN1CCc2c(c3ccccc3n2C)C1=O.[Cl-].[H+]. The van der Waals surface area contributed by atoms with E-state index in [1.54, 1.807) is 6.33 Å². The molecule has 1 aromatic carbocycles. The molecule has 1 amide bonds. The third-order valence-corrected chi connectivity index (χ3v) is 4.62. The van der Waals surface area contributed by atoms with E-state index in [2.05, 4.69) is 20.6 Å². The molecule has 1 N–H and O–H groups in total. The number of halogens is 1. The quantitative estimate of drug-likeness (QED) is 0.690. The summed E-state index contributed by atoms with van der Waals surface area (Å²) >= 11 is 0. The number of aromatic nitrogens is 3. The second-order valence-electron chi connectivity index (χ2n) is 5.85. The Labute approximate surface area is 142 Å². The summed E-state index contributed by atoms with van der Waals surface area (Å²) in [5.41, 5.74) is 5.09. The van der Waals surface area contributed by atoms with E-state index in [0.717, 1.165) is 46.5 Å². The van der Waals surface area contributed by atoms with Crippen LogP contribution in [0.1, 0.15) is 28.9 Å². The van der Waals surface area contributed by atoms with Crippen LogP contribution in [-0.2, 0) is 20.0 Å². The van der Waals surface area contributed by atoms with E-state index in [9.17, 15) is 4.79 Å². The first-order chi connectivity index (χ1) is 10.7. The van der Waals surface area contributed by atoms with Gasteiger partial charge in [-0.2, -0.15) is 0 Å². The average Bonchev–Trinajstić information content (AvgIpc) is 3.05. The normalized spacial score (nSPS) is 14.0. The van der Waals surface area contributed by atoms with Crippen LogP contribution in [0.4, 0.5) is 0 Å². The number of hydrogen-bond donors (Lipinski definition) is 1. The van der Waals surface area contributed by atoms with Crippen LogP contribution in [0.5, 0.6) is 0 Å². The van der Waals surface area contributed by atoms with Gasteiger partial charge in [0, 0.05) is 42.3 Å². The minimum absolute atomic E-state index is 0. The Morgan fingerprint density at radius 2 is 2.13 bits per heavy atom. The Hall–Kier alpha value is -2.27. The van der Waals surface area contributed by atoms with Crippen LogP contribution in [0.2, 0.25) is 0 Å². The number of aryl methyl sites for hydroxylation is 2. The molecule has 6 heteroatoms. The Morgan fingerprint density at radius 3 is 2.87 bits per heavy atom. The summed E-state index contributed by atoms with van der Waals surface area (Å²) in [4.78, 5) is 22.2. The number of benzene rings is 1. The summed E-state index contributed by atoms with van der Waals surface area (Å²) in [6.45, 7) is 3.29. The van der Waals surface area contributed by atoms with E-state index < -0.39 is 0 Å². The monoisotopic (exact) mass is 330 g/mol. The maximum absolute atomic E-state index is 13.0. The largest absolute Gasteiger partial charge is 1.00 e. The molecule has 0 bridgehead atoms. The Morgan fingerprint density at radius 1 is 1.35 bits per heavy atom. The van der Waals surface area contributed by atoms with E-state index in [0.29, 0.717) is 6.54 Å².